The first-order chi connectivity index (χ1) is 6.36. The van der Waals surface area contributed by atoms with Crippen molar-refractivity contribution in [2.24, 2.45) is 0 Å². The van der Waals surface area contributed by atoms with Gasteiger partial charge in [0, 0.05) is 10.6 Å². The predicted octanol–water partition coefficient (Wildman–Crippen LogP) is 2.80. The molecule has 0 unspecified atom stereocenters. The molecule has 2 nitrogen and oxygen atoms in total. The summed E-state index contributed by atoms with van der Waals surface area (Å²) in [7, 11) is 0. The van der Waals surface area contributed by atoms with E-state index in [0.29, 0.717) is 0 Å². The number of halogens is 1. The standard InChI is InChI=1S/C10H7ClN2/c11-10-3-1-2-8(6-10)9-4-5-12-13-7-9/h1-7H. The average molecular weight is 191 g/mol. The fourth-order valence-corrected chi connectivity index (χ4v) is 1.32. The molecule has 13 heavy (non-hydrogen) atoms. The Morgan fingerprint density at radius 3 is 2.62 bits per heavy atom. The molecule has 0 aliphatic carbocycles. The summed E-state index contributed by atoms with van der Waals surface area (Å²) in [6, 6.07) is 9.55. The van der Waals surface area contributed by atoms with Gasteiger partial charge in [-0.25, -0.2) is 0 Å². The van der Waals surface area contributed by atoms with Gasteiger partial charge in [-0.1, -0.05) is 23.7 Å². The van der Waals surface area contributed by atoms with E-state index in [1.54, 1.807) is 12.4 Å². The normalized spacial score (nSPS) is 9.92. The third kappa shape index (κ3) is 1.84. The Morgan fingerprint density at radius 2 is 1.92 bits per heavy atom. The minimum Gasteiger partial charge on any atom is -0.159 e. The van der Waals surface area contributed by atoms with Gasteiger partial charge in [0.1, 0.15) is 0 Å². The molecule has 1 aromatic heterocycles. The molecule has 2 rings (SSSR count). The van der Waals surface area contributed by atoms with Gasteiger partial charge < -0.3 is 0 Å². The summed E-state index contributed by atoms with van der Waals surface area (Å²) in [5.74, 6) is 0. The van der Waals surface area contributed by atoms with Crippen molar-refractivity contribution in [2.45, 2.75) is 0 Å². The highest BCUT2D eigenvalue weighted by Gasteiger charge is 1.96. The molecular weight excluding hydrogens is 184 g/mol. The van der Waals surface area contributed by atoms with Crippen molar-refractivity contribution < 1.29 is 0 Å². The smallest absolute Gasteiger partial charge is 0.0574 e. The summed E-state index contributed by atoms with van der Waals surface area (Å²) in [6.07, 6.45) is 3.38. The van der Waals surface area contributed by atoms with Crippen molar-refractivity contribution in [3.8, 4) is 11.1 Å². The fourth-order valence-electron chi connectivity index (χ4n) is 1.13. The lowest BCUT2D eigenvalue weighted by molar-refractivity contribution is 1.03. The monoisotopic (exact) mass is 190 g/mol. The third-order valence-electron chi connectivity index (χ3n) is 1.74. The van der Waals surface area contributed by atoms with Crippen molar-refractivity contribution in [1.82, 2.24) is 10.2 Å². The molecule has 0 fully saturated rings. The maximum Gasteiger partial charge on any atom is 0.0574 e. The first kappa shape index (κ1) is 8.20. The highest BCUT2D eigenvalue weighted by Crippen LogP contribution is 2.20. The quantitative estimate of drug-likeness (QED) is 0.691. The van der Waals surface area contributed by atoms with Crippen LogP contribution in [-0.2, 0) is 0 Å². The van der Waals surface area contributed by atoms with Gasteiger partial charge in [-0.15, -0.1) is 0 Å². The summed E-state index contributed by atoms with van der Waals surface area (Å²) in [6.45, 7) is 0. The molecule has 0 saturated heterocycles. The molecule has 0 aliphatic rings. The number of rotatable bonds is 1. The molecule has 0 atom stereocenters. The molecule has 0 aliphatic heterocycles. The van der Waals surface area contributed by atoms with Gasteiger partial charge in [0.05, 0.1) is 12.4 Å². The van der Waals surface area contributed by atoms with Crippen LogP contribution in [0.25, 0.3) is 11.1 Å². The Labute approximate surface area is 81.2 Å². The van der Waals surface area contributed by atoms with Crippen LogP contribution in [-0.4, -0.2) is 10.2 Å². The van der Waals surface area contributed by atoms with Gasteiger partial charge in [-0.2, -0.15) is 10.2 Å². The molecule has 0 N–H and O–H groups in total. The molecule has 64 valence electrons. The highest BCUT2D eigenvalue weighted by atomic mass is 35.5. The molecule has 0 amide bonds. The van der Waals surface area contributed by atoms with Crippen LogP contribution in [0.15, 0.2) is 42.7 Å². The van der Waals surface area contributed by atoms with Crippen LogP contribution in [0, 0.1) is 0 Å². The third-order valence-corrected chi connectivity index (χ3v) is 1.98. The Bertz CT molecular complexity index is 401. The molecular formula is C10H7ClN2. The van der Waals surface area contributed by atoms with Crippen molar-refractivity contribution >= 4 is 11.6 Å². The number of hydrogen-bond acceptors (Lipinski definition) is 2. The SMILES string of the molecule is Clc1cccc(-c2ccnnc2)c1. The van der Waals surface area contributed by atoms with Gasteiger partial charge in [-0.05, 0) is 23.8 Å². The Balaban J connectivity index is 2.48. The van der Waals surface area contributed by atoms with E-state index in [1.807, 2.05) is 30.3 Å². The van der Waals surface area contributed by atoms with Crippen LogP contribution in [0.5, 0.6) is 0 Å². The molecule has 2 aromatic rings. The van der Waals surface area contributed by atoms with E-state index in [-0.39, 0.29) is 0 Å². The van der Waals surface area contributed by atoms with E-state index in [0.717, 1.165) is 16.1 Å². The Kier molecular flexibility index (Phi) is 2.23. The van der Waals surface area contributed by atoms with Gasteiger partial charge in [0.25, 0.3) is 0 Å². The van der Waals surface area contributed by atoms with E-state index in [4.69, 9.17) is 11.6 Å². The zero-order valence-electron chi connectivity index (χ0n) is 6.81. The minimum atomic E-state index is 0.731. The summed E-state index contributed by atoms with van der Waals surface area (Å²) in [5, 5.41) is 8.24. The molecule has 1 aromatic carbocycles. The molecule has 0 bridgehead atoms. The lowest BCUT2D eigenvalue weighted by Gasteiger charge is -1.99. The largest absolute Gasteiger partial charge is 0.159 e. The molecule has 0 saturated carbocycles. The molecule has 1 heterocycles. The number of aromatic nitrogens is 2. The van der Waals surface area contributed by atoms with Crippen molar-refractivity contribution in [2.75, 3.05) is 0 Å². The fraction of sp³-hybridized carbons (Fsp3) is 0. The van der Waals surface area contributed by atoms with E-state index in [1.165, 1.54) is 0 Å². The van der Waals surface area contributed by atoms with Crippen molar-refractivity contribution in [3.05, 3.63) is 47.7 Å². The van der Waals surface area contributed by atoms with Crippen LogP contribution in [0.1, 0.15) is 0 Å². The van der Waals surface area contributed by atoms with Gasteiger partial charge in [-0.3, -0.25) is 0 Å². The van der Waals surface area contributed by atoms with Crippen LogP contribution in [0.4, 0.5) is 0 Å². The zero-order valence-corrected chi connectivity index (χ0v) is 7.57. The van der Waals surface area contributed by atoms with Crippen molar-refractivity contribution in [3.63, 3.8) is 0 Å². The first-order valence-electron chi connectivity index (χ1n) is 3.89. The second-order valence-electron chi connectivity index (χ2n) is 2.64. The minimum absolute atomic E-state index is 0.731. The second kappa shape index (κ2) is 3.54. The second-order valence-corrected chi connectivity index (χ2v) is 3.08. The maximum atomic E-state index is 5.86. The van der Waals surface area contributed by atoms with E-state index in [2.05, 4.69) is 10.2 Å². The molecule has 0 radical (unpaired) electrons. The highest BCUT2D eigenvalue weighted by molar-refractivity contribution is 6.30. The Hall–Kier alpha value is -1.41. The maximum absolute atomic E-state index is 5.86. The van der Waals surface area contributed by atoms with E-state index >= 15 is 0 Å². The molecule has 0 spiro atoms. The van der Waals surface area contributed by atoms with Crippen LogP contribution in [0.2, 0.25) is 5.02 Å². The summed E-state index contributed by atoms with van der Waals surface area (Å²) < 4.78 is 0. The Morgan fingerprint density at radius 1 is 1.00 bits per heavy atom. The summed E-state index contributed by atoms with van der Waals surface area (Å²) in [4.78, 5) is 0. The number of hydrogen-bond donors (Lipinski definition) is 0. The van der Waals surface area contributed by atoms with Crippen LogP contribution >= 0.6 is 11.6 Å². The van der Waals surface area contributed by atoms with Crippen molar-refractivity contribution in [1.29, 1.82) is 0 Å². The van der Waals surface area contributed by atoms with Gasteiger partial charge in [0.15, 0.2) is 0 Å². The summed E-state index contributed by atoms with van der Waals surface area (Å²) >= 11 is 5.86. The van der Waals surface area contributed by atoms with Crippen LogP contribution in [0.3, 0.4) is 0 Å². The lowest BCUT2D eigenvalue weighted by Crippen LogP contribution is -1.81. The topological polar surface area (TPSA) is 25.8 Å². The van der Waals surface area contributed by atoms with Crippen LogP contribution < -0.4 is 0 Å². The van der Waals surface area contributed by atoms with E-state index in [9.17, 15) is 0 Å². The zero-order chi connectivity index (χ0) is 9.10. The van der Waals surface area contributed by atoms with E-state index < -0.39 is 0 Å². The number of benzene rings is 1. The number of nitrogens with zero attached hydrogens (tertiary/aromatic N) is 2. The average Bonchev–Trinajstić information content (AvgIpc) is 2.19. The van der Waals surface area contributed by atoms with Gasteiger partial charge in [0.2, 0.25) is 0 Å². The molecule has 3 heteroatoms. The van der Waals surface area contributed by atoms with Gasteiger partial charge >= 0.3 is 0 Å². The first-order valence-corrected chi connectivity index (χ1v) is 4.27. The summed E-state index contributed by atoms with van der Waals surface area (Å²) in [5.41, 5.74) is 2.08. The predicted molar refractivity (Wildman–Crippen MR) is 52.5 cm³/mol. The lowest BCUT2D eigenvalue weighted by atomic mass is 10.1.